The van der Waals surface area contributed by atoms with Crippen LogP contribution in [-0.2, 0) is 9.59 Å². The van der Waals surface area contributed by atoms with E-state index in [9.17, 15) is 9.59 Å². The molecule has 1 aromatic rings. The van der Waals surface area contributed by atoms with Gasteiger partial charge in [-0.2, -0.15) is 0 Å². The van der Waals surface area contributed by atoms with E-state index in [2.05, 4.69) is 17.6 Å². The van der Waals surface area contributed by atoms with Crippen LogP contribution in [0.4, 0.5) is 5.69 Å². The maximum atomic E-state index is 12.0. The lowest BCUT2D eigenvalue weighted by Gasteiger charge is -2.20. The summed E-state index contributed by atoms with van der Waals surface area (Å²) in [5, 5.41) is 6.17. The molecule has 2 N–H and O–H groups in total. The Morgan fingerprint density at radius 2 is 1.83 bits per heavy atom. The Balaban J connectivity index is 2.43. The topological polar surface area (TPSA) is 61.4 Å². The first kappa shape index (κ1) is 19.5. The van der Waals surface area contributed by atoms with Gasteiger partial charge in [0.15, 0.2) is 0 Å². The van der Waals surface area contributed by atoms with Crippen molar-refractivity contribution in [1.29, 1.82) is 0 Å². The third-order valence-electron chi connectivity index (χ3n) is 3.28. The molecule has 0 spiro atoms. The van der Waals surface area contributed by atoms with E-state index in [-0.39, 0.29) is 11.8 Å². The van der Waals surface area contributed by atoms with Crippen LogP contribution < -0.4 is 10.6 Å². The summed E-state index contributed by atoms with van der Waals surface area (Å²) in [7, 11) is 0. The van der Waals surface area contributed by atoms with E-state index in [0.29, 0.717) is 36.8 Å². The quantitative estimate of drug-likeness (QED) is 0.689. The summed E-state index contributed by atoms with van der Waals surface area (Å²) in [6, 6.07) is 7.14. The molecule has 1 aromatic carbocycles. The first-order chi connectivity index (χ1) is 11.1. The molecule has 0 aromatic heterocycles. The van der Waals surface area contributed by atoms with Gasteiger partial charge in [-0.15, -0.1) is 0 Å². The van der Waals surface area contributed by atoms with Crippen LogP contribution in [-0.4, -0.2) is 42.9 Å². The summed E-state index contributed by atoms with van der Waals surface area (Å²) in [6.07, 6.45) is 2.18. The largest absolute Gasteiger partial charge is 0.355 e. The maximum absolute atomic E-state index is 12.0. The SMILES string of the molecule is CCCNC(=O)CN(CCC)CCC(=O)Nc1ccccc1Cl. The Morgan fingerprint density at radius 3 is 2.48 bits per heavy atom. The third-order valence-corrected chi connectivity index (χ3v) is 3.61. The van der Waals surface area contributed by atoms with Gasteiger partial charge in [-0.25, -0.2) is 0 Å². The molecule has 0 aliphatic rings. The minimum Gasteiger partial charge on any atom is -0.355 e. The van der Waals surface area contributed by atoms with E-state index < -0.39 is 0 Å². The van der Waals surface area contributed by atoms with Crippen molar-refractivity contribution in [2.45, 2.75) is 33.1 Å². The number of para-hydroxylation sites is 1. The van der Waals surface area contributed by atoms with Crippen LogP contribution in [0.1, 0.15) is 33.1 Å². The average molecular weight is 340 g/mol. The molecule has 0 saturated heterocycles. The average Bonchev–Trinajstić information content (AvgIpc) is 2.53. The molecular formula is C17H26ClN3O2. The highest BCUT2D eigenvalue weighted by Crippen LogP contribution is 2.20. The summed E-state index contributed by atoms with van der Waals surface area (Å²) in [5.74, 6) is -0.0972. The fourth-order valence-corrected chi connectivity index (χ4v) is 2.33. The van der Waals surface area contributed by atoms with E-state index in [4.69, 9.17) is 11.6 Å². The number of hydrogen-bond donors (Lipinski definition) is 2. The summed E-state index contributed by atoms with van der Waals surface area (Å²) in [6.45, 7) is 6.42. The number of benzene rings is 1. The summed E-state index contributed by atoms with van der Waals surface area (Å²) in [4.78, 5) is 25.8. The van der Waals surface area contributed by atoms with Crippen LogP contribution in [0, 0.1) is 0 Å². The molecule has 0 atom stereocenters. The second-order valence-corrected chi connectivity index (χ2v) is 5.81. The molecule has 0 radical (unpaired) electrons. The van der Waals surface area contributed by atoms with Crippen LogP contribution in [0.5, 0.6) is 0 Å². The molecule has 0 fully saturated rings. The molecule has 1 rings (SSSR count). The van der Waals surface area contributed by atoms with E-state index in [1.165, 1.54) is 0 Å². The molecule has 5 nitrogen and oxygen atoms in total. The van der Waals surface area contributed by atoms with Gasteiger partial charge in [-0.1, -0.05) is 37.6 Å². The molecule has 6 heteroatoms. The van der Waals surface area contributed by atoms with Crippen molar-refractivity contribution in [2.75, 3.05) is 31.5 Å². The third kappa shape index (κ3) is 8.00. The van der Waals surface area contributed by atoms with Crippen molar-refractivity contribution in [1.82, 2.24) is 10.2 Å². The van der Waals surface area contributed by atoms with Crippen molar-refractivity contribution in [3.05, 3.63) is 29.3 Å². The van der Waals surface area contributed by atoms with Gasteiger partial charge < -0.3 is 10.6 Å². The lowest BCUT2D eigenvalue weighted by Crippen LogP contribution is -2.39. The zero-order chi connectivity index (χ0) is 17.1. The predicted octanol–water partition coefficient (Wildman–Crippen LogP) is 2.91. The number of nitrogens with one attached hydrogen (secondary N) is 2. The molecule has 0 aliphatic heterocycles. The fraction of sp³-hybridized carbons (Fsp3) is 0.529. The number of carbonyl (C=O) groups excluding carboxylic acids is 2. The zero-order valence-corrected chi connectivity index (χ0v) is 14.7. The molecule has 0 heterocycles. The highest BCUT2D eigenvalue weighted by molar-refractivity contribution is 6.33. The van der Waals surface area contributed by atoms with Crippen LogP contribution in [0.25, 0.3) is 0 Å². The molecule has 0 aliphatic carbocycles. The molecule has 2 amide bonds. The van der Waals surface area contributed by atoms with E-state index >= 15 is 0 Å². The highest BCUT2D eigenvalue weighted by Gasteiger charge is 2.12. The number of nitrogens with zero attached hydrogens (tertiary/aromatic N) is 1. The lowest BCUT2D eigenvalue weighted by atomic mass is 10.3. The van der Waals surface area contributed by atoms with E-state index in [1.54, 1.807) is 12.1 Å². The lowest BCUT2D eigenvalue weighted by molar-refractivity contribution is -0.123. The van der Waals surface area contributed by atoms with E-state index in [0.717, 1.165) is 19.4 Å². The van der Waals surface area contributed by atoms with Crippen molar-refractivity contribution >= 4 is 29.1 Å². The smallest absolute Gasteiger partial charge is 0.234 e. The van der Waals surface area contributed by atoms with Gasteiger partial charge in [0.25, 0.3) is 0 Å². The van der Waals surface area contributed by atoms with Gasteiger partial charge in [0.1, 0.15) is 0 Å². The van der Waals surface area contributed by atoms with Gasteiger partial charge in [-0.3, -0.25) is 14.5 Å². The number of amides is 2. The molecule has 0 bridgehead atoms. The first-order valence-electron chi connectivity index (χ1n) is 8.10. The van der Waals surface area contributed by atoms with Crippen LogP contribution in [0.15, 0.2) is 24.3 Å². The maximum Gasteiger partial charge on any atom is 0.234 e. The molecule has 0 unspecified atom stereocenters. The predicted molar refractivity (Wildman–Crippen MR) is 94.7 cm³/mol. The standard InChI is InChI=1S/C17H26ClN3O2/c1-3-10-19-17(23)13-21(11-4-2)12-9-16(22)20-15-8-6-5-7-14(15)18/h5-8H,3-4,9-13H2,1-2H3,(H,19,23)(H,20,22). The van der Waals surface area contributed by atoms with Gasteiger partial charge >= 0.3 is 0 Å². The fourth-order valence-electron chi connectivity index (χ4n) is 2.14. The van der Waals surface area contributed by atoms with Crippen molar-refractivity contribution in [3.63, 3.8) is 0 Å². The van der Waals surface area contributed by atoms with Gasteiger partial charge in [0.05, 0.1) is 17.3 Å². The minimum atomic E-state index is -0.104. The number of halogens is 1. The molecular weight excluding hydrogens is 314 g/mol. The molecule has 23 heavy (non-hydrogen) atoms. The second-order valence-electron chi connectivity index (χ2n) is 5.40. The number of rotatable bonds is 10. The Labute approximate surface area is 143 Å². The Kier molecular flexibility index (Phi) is 9.33. The van der Waals surface area contributed by atoms with Crippen LogP contribution in [0.2, 0.25) is 5.02 Å². The van der Waals surface area contributed by atoms with E-state index in [1.807, 2.05) is 24.0 Å². The van der Waals surface area contributed by atoms with Crippen LogP contribution in [0.3, 0.4) is 0 Å². The van der Waals surface area contributed by atoms with Crippen molar-refractivity contribution < 1.29 is 9.59 Å². The Morgan fingerprint density at radius 1 is 1.09 bits per heavy atom. The van der Waals surface area contributed by atoms with Gasteiger partial charge in [0.2, 0.25) is 11.8 Å². The zero-order valence-electron chi connectivity index (χ0n) is 13.9. The summed E-state index contributed by atoms with van der Waals surface area (Å²) in [5.41, 5.74) is 0.613. The first-order valence-corrected chi connectivity index (χ1v) is 8.48. The van der Waals surface area contributed by atoms with Crippen molar-refractivity contribution in [3.8, 4) is 0 Å². The Hall–Kier alpha value is -1.59. The molecule has 128 valence electrons. The Bertz CT molecular complexity index is 508. The van der Waals surface area contributed by atoms with Gasteiger partial charge in [-0.05, 0) is 31.5 Å². The highest BCUT2D eigenvalue weighted by atomic mass is 35.5. The monoisotopic (exact) mass is 339 g/mol. The van der Waals surface area contributed by atoms with Gasteiger partial charge in [0, 0.05) is 19.5 Å². The number of hydrogen-bond acceptors (Lipinski definition) is 3. The van der Waals surface area contributed by atoms with Crippen LogP contribution >= 0.6 is 11.6 Å². The minimum absolute atomic E-state index is 0.00631. The summed E-state index contributed by atoms with van der Waals surface area (Å²) < 4.78 is 0. The number of carbonyl (C=O) groups is 2. The van der Waals surface area contributed by atoms with Crippen molar-refractivity contribution in [2.24, 2.45) is 0 Å². The number of anilines is 1. The normalized spacial score (nSPS) is 10.6. The second kappa shape index (κ2) is 11.0. The summed E-state index contributed by atoms with van der Waals surface area (Å²) >= 11 is 6.02. The molecule has 0 saturated carbocycles.